The molecule has 1 atom stereocenters. The van der Waals surface area contributed by atoms with Gasteiger partial charge in [-0.1, -0.05) is 13.8 Å². The molecular formula is C19H23N3O2S. The van der Waals surface area contributed by atoms with Crippen molar-refractivity contribution in [3.63, 3.8) is 0 Å². The number of pyridine rings is 1. The first-order valence-corrected chi connectivity index (χ1v) is 9.35. The summed E-state index contributed by atoms with van der Waals surface area (Å²) in [7, 11) is 0. The lowest BCUT2D eigenvalue weighted by Gasteiger charge is -2.18. The van der Waals surface area contributed by atoms with Gasteiger partial charge < -0.3 is 15.4 Å². The third-order valence-corrected chi connectivity index (χ3v) is 5.12. The summed E-state index contributed by atoms with van der Waals surface area (Å²) < 4.78 is 0. The topological polar surface area (TPSA) is 78.0 Å². The average Bonchev–Trinajstić information content (AvgIpc) is 3.23. The number of nitrogens with zero attached hydrogens (tertiary/aromatic N) is 1. The maximum Gasteiger partial charge on any atom is 0.252 e. The standard InChI is InChI=1S/C19H23N3O2S/c1-12(2)9-14(11-23)22-19(24)16-5-8-25-17(16)10-13-3-6-20-18-15(13)4-7-21-18/h3-8,12,14,23H,9-11H2,1-2H3,(H,20,21)(H,22,24)/t14-/m0/s1. The van der Waals surface area contributed by atoms with E-state index in [1.807, 2.05) is 29.8 Å². The molecule has 3 rings (SSSR count). The smallest absolute Gasteiger partial charge is 0.252 e. The van der Waals surface area contributed by atoms with Gasteiger partial charge in [-0.3, -0.25) is 4.79 Å². The lowest BCUT2D eigenvalue weighted by molar-refractivity contribution is 0.0908. The van der Waals surface area contributed by atoms with Crippen LogP contribution in [0.25, 0.3) is 11.0 Å². The van der Waals surface area contributed by atoms with Crippen molar-refractivity contribution in [2.24, 2.45) is 5.92 Å². The van der Waals surface area contributed by atoms with Gasteiger partial charge in [0.25, 0.3) is 5.91 Å². The monoisotopic (exact) mass is 357 g/mol. The molecule has 3 aromatic rings. The van der Waals surface area contributed by atoms with E-state index < -0.39 is 0 Å². The molecule has 3 N–H and O–H groups in total. The van der Waals surface area contributed by atoms with E-state index in [1.165, 1.54) is 0 Å². The van der Waals surface area contributed by atoms with Crippen LogP contribution in [-0.2, 0) is 6.42 Å². The molecule has 3 aromatic heterocycles. The average molecular weight is 357 g/mol. The highest BCUT2D eigenvalue weighted by atomic mass is 32.1. The van der Waals surface area contributed by atoms with E-state index in [4.69, 9.17) is 0 Å². The fourth-order valence-corrected chi connectivity index (χ4v) is 3.93. The first-order chi connectivity index (χ1) is 12.1. The molecule has 0 fully saturated rings. The summed E-state index contributed by atoms with van der Waals surface area (Å²) in [5.74, 6) is 0.299. The van der Waals surface area contributed by atoms with Gasteiger partial charge >= 0.3 is 0 Å². The van der Waals surface area contributed by atoms with Crippen molar-refractivity contribution in [3.8, 4) is 0 Å². The molecule has 0 aliphatic carbocycles. The van der Waals surface area contributed by atoms with Gasteiger partial charge in [0.15, 0.2) is 0 Å². The molecule has 0 aliphatic rings. The van der Waals surface area contributed by atoms with E-state index in [9.17, 15) is 9.90 Å². The Labute approximate surface area is 151 Å². The van der Waals surface area contributed by atoms with Crippen molar-refractivity contribution in [2.75, 3.05) is 6.61 Å². The number of carbonyl (C=O) groups excluding carboxylic acids is 1. The van der Waals surface area contributed by atoms with Crippen LogP contribution in [0.3, 0.4) is 0 Å². The first kappa shape index (κ1) is 17.6. The van der Waals surface area contributed by atoms with E-state index in [0.717, 1.165) is 27.9 Å². The van der Waals surface area contributed by atoms with Gasteiger partial charge in [-0.2, -0.15) is 0 Å². The zero-order valence-corrected chi connectivity index (χ0v) is 15.3. The van der Waals surface area contributed by atoms with E-state index in [1.54, 1.807) is 17.5 Å². The van der Waals surface area contributed by atoms with Crippen molar-refractivity contribution < 1.29 is 9.90 Å². The molecule has 0 bridgehead atoms. The van der Waals surface area contributed by atoms with E-state index in [0.29, 0.717) is 17.9 Å². The molecule has 1 amide bonds. The quantitative estimate of drug-likeness (QED) is 0.607. The zero-order valence-electron chi connectivity index (χ0n) is 14.5. The van der Waals surface area contributed by atoms with Crippen LogP contribution in [0.5, 0.6) is 0 Å². The first-order valence-electron chi connectivity index (χ1n) is 8.47. The van der Waals surface area contributed by atoms with Crippen LogP contribution >= 0.6 is 11.3 Å². The van der Waals surface area contributed by atoms with Crippen molar-refractivity contribution in [2.45, 2.75) is 32.7 Å². The molecule has 0 radical (unpaired) electrons. The number of H-pyrrole nitrogens is 1. The summed E-state index contributed by atoms with van der Waals surface area (Å²) in [4.78, 5) is 21.1. The minimum atomic E-state index is -0.211. The number of amides is 1. The van der Waals surface area contributed by atoms with Gasteiger partial charge in [0.2, 0.25) is 0 Å². The van der Waals surface area contributed by atoms with Crippen molar-refractivity contribution in [1.29, 1.82) is 0 Å². The molecular weight excluding hydrogens is 334 g/mol. The van der Waals surface area contributed by atoms with Gasteiger partial charge in [0.05, 0.1) is 18.2 Å². The summed E-state index contributed by atoms with van der Waals surface area (Å²) >= 11 is 1.58. The lowest BCUT2D eigenvalue weighted by Crippen LogP contribution is -2.38. The molecule has 132 valence electrons. The highest BCUT2D eigenvalue weighted by Crippen LogP contribution is 2.24. The second-order valence-corrected chi connectivity index (χ2v) is 7.63. The normalized spacial score (nSPS) is 12.6. The molecule has 6 heteroatoms. The number of thiophene rings is 1. The Hall–Kier alpha value is -2.18. The molecule has 0 aliphatic heterocycles. The van der Waals surface area contributed by atoms with E-state index in [-0.39, 0.29) is 18.6 Å². The minimum absolute atomic E-state index is 0.0439. The maximum atomic E-state index is 12.6. The number of carbonyl (C=O) groups is 1. The van der Waals surface area contributed by atoms with Crippen LogP contribution in [0.1, 0.15) is 41.1 Å². The number of rotatable bonds is 7. The number of aromatic nitrogens is 2. The maximum absolute atomic E-state index is 12.6. The summed E-state index contributed by atoms with van der Waals surface area (Å²) in [5, 5.41) is 15.5. The number of hydrogen-bond acceptors (Lipinski definition) is 4. The minimum Gasteiger partial charge on any atom is -0.394 e. The largest absolute Gasteiger partial charge is 0.394 e. The predicted octanol–water partition coefficient (Wildman–Crippen LogP) is 3.35. The summed E-state index contributed by atoms with van der Waals surface area (Å²) in [6.07, 6.45) is 5.11. The Kier molecular flexibility index (Phi) is 5.50. The van der Waals surface area contributed by atoms with Crippen LogP contribution in [0.4, 0.5) is 0 Å². The number of fused-ring (bicyclic) bond motifs is 1. The van der Waals surface area contributed by atoms with Crippen molar-refractivity contribution >= 4 is 28.3 Å². The van der Waals surface area contributed by atoms with E-state index >= 15 is 0 Å². The van der Waals surface area contributed by atoms with Gasteiger partial charge in [-0.15, -0.1) is 11.3 Å². The van der Waals surface area contributed by atoms with Gasteiger partial charge in [-0.05, 0) is 41.5 Å². The zero-order chi connectivity index (χ0) is 17.8. The Bertz CT molecular complexity index is 853. The van der Waals surface area contributed by atoms with Crippen LogP contribution < -0.4 is 5.32 Å². The van der Waals surface area contributed by atoms with Gasteiger partial charge in [-0.25, -0.2) is 4.98 Å². The van der Waals surface area contributed by atoms with Crippen LogP contribution in [0, 0.1) is 5.92 Å². The molecule has 25 heavy (non-hydrogen) atoms. The SMILES string of the molecule is CC(C)C[C@@H](CO)NC(=O)c1ccsc1Cc1ccnc2[nH]ccc12. The van der Waals surface area contributed by atoms with Crippen LogP contribution in [0.2, 0.25) is 0 Å². The molecule has 0 saturated carbocycles. The van der Waals surface area contributed by atoms with Gasteiger partial charge in [0, 0.05) is 29.1 Å². The van der Waals surface area contributed by atoms with E-state index in [2.05, 4.69) is 29.1 Å². The van der Waals surface area contributed by atoms with Gasteiger partial charge in [0.1, 0.15) is 5.65 Å². The molecule has 0 saturated heterocycles. The Morgan fingerprint density at radius 2 is 2.20 bits per heavy atom. The second-order valence-electron chi connectivity index (χ2n) is 6.63. The lowest BCUT2D eigenvalue weighted by atomic mass is 10.0. The Morgan fingerprint density at radius 1 is 1.36 bits per heavy atom. The Balaban J connectivity index is 1.78. The van der Waals surface area contributed by atoms with Crippen LogP contribution in [0.15, 0.2) is 36.0 Å². The number of aromatic amines is 1. The molecule has 0 spiro atoms. The summed E-state index contributed by atoms with van der Waals surface area (Å²) in [5.41, 5.74) is 2.69. The molecule has 3 heterocycles. The number of nitrogens with one attached hydrogen (secondary N) is 2. The highest BCUT2D eigenvalue weighted by Gasteiger charge is 2.18. The number of hydrogen-bond donors (Lipinski definition) is 3. The molecule has 0 aromatic carbocycles. The molecule has 0 unspecified atom stereocenters. The third kappa shape index (κ3) is 4.08. The van der Waals surface area contributed by atoms with Crippen molar-refractivity contribution in [3.05, 3.63) is 52.0 Å². The second kappa shape index (κ2) is 7.80. The Morgan fingerprint density at radius 3 is 2.96 bits per heavy atom. The fourth-order valence-electron chi connectivity index (χ4n) is 3.04. The number of aliphatic hydroxyl groups is 1. The highest BCUT2D eigenvalue weighted by molar-refractivity contribution is 7.10. The predicted molar refractivity (Wildman–Crippen MR) is 101 cm³/mol. The summed E-state index contributed by atoms with van der Waals surface area (Å²) in [6, 6.07) is 5.65. The van der Waals surface area contributed by atoms with Crippen LogP contribution in [-0.4, -0.2) is 33.6 Å². The third-order valence-electron chi connectivity index (χ3n) is 4.20. The number of aliphatic hydroxyl groups excluding tert-OH is 1. The summed E-state index contributed by atoms with van der Waals surface area (Å²) in [6.45, 7) is 4.12. The van der Waals surface area contributed by atoms with Crippen molar-refractivity contribution in [1.82, 2.24) is 15.3 Å². The fraction of sp³-hybridized carbons (Fsp3) is 0.368. The molecule has 5 nitrogen and oxygen atoms in total.